The molecule has 114 valence electrons. The smallest absolute Gasteiger partial charge is 0.269 e. The van der Waals surface area contributed by atoms with Gasteiger partial charge in [0.05, 0.1) is 4.92 Å². The highest BCUT2D eigenvalue weighted by Crippen LogP contribution is 2.27. The van der Waals surface area contributed by atoms with Gasteiger partial charge in [-0.1, -0.05) is 30.3 Å². The van der Waals surface area contributed by atoms with Gasteiger partial charge >= 0.3 is 0 Å². The van der Waals surface area contributed by atoms with Crippen LogP contribution in [0.25, 0.3) is 0 Å². The summed E-state index contributed by atoms with van der Waals surface area (Å²) in [6.07, 6.45) is 3.49. The molecule has 0 aromatic heterocycles. The van der Waals surface area contributed by atoms with E-state index in [1.54, 1.807) is 12.1 Å². The van der Waals surface area contributed by atoms with E-state index < -0.39 is 0 Å². The van der Waals surface area contributed by atoms with Crippen molar-refractivity contribution in [2.24, 2.45) is 5.92 Å². The van der Waals surface area contributed by atoms with Gasteiger partial charge in [-0.2, -0.15) is 0 Å². The molecule has 0 N–H and O–H groups in total. The second kappa shape index (κ2) is 6.60. The molecule has 0 radical (unpaired) electrons. The molecule has 4 heteroatoms. The lowest BCUT2D eigenvalue weighted by molar-refractivity contribution is -0.384. The van der Waals surface area contributed by atoms with E-state index in [1.165, 1.54) is 18.4 Å². The van der Waals surface area contributed by atoms with Gasteiger partial charge < -0.3 is 4.90 Å². The van der Waals surface area contributed by atoms with Crippen molar-refractivity contribution in [3.63, 3.8) is 0 Å². The van der Waals surface area contributed by atoms with E-state index in [4.69, 9.17) is 0 Å². The van der Waals surface area contributed by atoms with Crippen molar-refractivity contribution in [1.29, 1.82) is 0 Å². The van der Waals surface area contributed by atoms with Crippen LogP contribution in [0.15, 0.2) is 54.6 Å². The number of non-ortho nitro benzene ring substituents is 1. The fourth-order valence-corrected chi connectivity index (χ4v) is 3.13. The summed E-state index contributed by atoms with van der Waals surface area (Å²) < 4.78 is 0. The predicted octanol–water partition coefficient (Wildman–Crippen LogP) is 4.05. The van der Waals surface area contributed by atoms with Gasteiger partial charge in [0.1, 0.15) is 0 Å². The lowest BCUT2D eigenvalue weighted by Gasteiger charge is -2.33. The molecule has 2 aromatic rings. The van der Waals surface area contributed by atoms with Crippen LogP contribution in [0.3, 0.4) is 0 Å². The van der Waals surface area contributed by atoms with E-state index in [1.807, 2.05) is 12.1 Å². The van der Waals surface area contributed by atoms with Gasteiger partial charge in [-0.3, -0.25) is 10.1 Å². The SMILES string of the molecule is O=[N+]([O-])c1ccc(N2CCC(Cc3ccccc3)CC2)cc1. The van der Waals surface area contributed by atoms with Crippen LogP contribution in [0.4, 0.5) is 11.4 Å². The predicted molar refractivity (Wildman–Crippen MR) is 88.2 cm³/mol. The van der Waals surface area contributed by atoms with Gasteiger partial charge in [0, 0.05) is 30.9 Å². The van der Waals surface area contributed by atoms with E-state index in [-0.39, 0.29) is 10.6 Å². The highest BCUT2D eigenvalue weighted by Gasteiger charge is 2.20. The standard InChI is InChI=1S/C18H20N2O2/c21-20(22)18-8-6-17(7-9-18)19-12-10-16(11-13-19)14-15-4-2-1-3-5-15/h1-9,16H,10-14H2. The monoisotopic (exact) mass is 296 g/mol. The first-order chi connectivity index (χ1) is 10.7. The summed E-state index contributed by atoms with van der Waals surface area (Å²) in [5, 5.41) is 10.7. The van der Waals surface area contributed by atoms with Crippen LogP contribution >= 0.6 is 0 Å². The average molecular weight is 296 g/mol. The Kier molecular flexibility index (Phi) is 4.37. The maximum absolute atomic E-state index is 10.7. The lowest BCUT2D eigenvalue weighted by atomic mass is 9.90. The van der Waals surface area contributed by atoms with E-state index in [0.717, 1.165) is 31.1 Å². The largest absolute Gasteiger partial charge is 0.372 e. The molecule has 0 spiro atoms. The number of hydrogen-bond donors (Lipinski definition) is 0. The lowest BCUT2D eigenvalue weighted by Crippen LogP contribution is -2.34. The van der Waals surface area contributed by atoms with Crippen molar-refractivity contribution < 1.29 is 4.92 Å². The Morgan fingerprint density at radius 3 is 2.23 bits per heavy atom. The molecular weight excluding hydrogens is 276 g/mol. The quantitative estimate of drug-likeness (QED) is 0.631. The van der Waals surface area contributed by atoms with Crippen LogP contribution in [0.5, 0.6) is 0 Å². The summed E-state index contributed by atoms with van der Waals surface area (Å²) in [4.78, 5) is 12.7. The summed E-state index contributed by atoms with van der Waals surface area (Å²) in [6, 6.07) is 17.5. The molecule has 0 atom stereocenters. The maximum atomic E-state index is 10.7. The molecule has 22 heavy (non-hydrogen) atoms. The van der Waals surface area contributed by atoms with Gasteiger partial charge in [0.2, 0.25) is 0 Å². The summed E-state index contributed by atoms with van der Waals surface area (Å²) in [5.74, 6) is 0.733. The molecule has 1 aliphatic rings. The molecule has 0 aliphatic carbocycles. The van der Waals surface area contributed by atoms with Crippen molar-refractivity contribution in [3.8, 4) is 0 Å². The molecule has 1 heterocycles. The Hall–Kier alpha value is -2.36. The Labute approximate surface area is 130 Å². The first-order valence-corrected chi connectivity index (χ1v) is 7.76. The minimum absolute atomic E-state index is 0.155. The zero-order valence-electron chi connectivity index (χ0n) is 12.5. The van der Waals surface area contributed by atoms with Crippen LogP contribution in [-0.2, 0) is 6.42 Å². The number of nitrogens with zero attached hydrogens (tertiary/aromatic N) is 2. The van der Waals surface area contributed by atoms with Crippen LogP contribution in [0, 0.1) is 16.0 Å². The number of rotatable bonds is 4. The topological polar surface area (TPSA) is 46.4 Å². The fraction of sp³-hybridized carbons (Fsp3) is 0.333. The zero-order valence-corrected chi connectivity index (χ0v) is 12.5. The number of nitro groups is 1. The molecule has 4 nitrogen and oxygen atoms in total. The Balaban J connectivity index is 1.56. The normalized spacial score (nSPS) is 15.7. The second-order valence-corrected chi connectivity index (χ2v) is 5.89. The van der Waals surface area contributed by atoms with Crippen molar-refractivity contribution >= 4 is 11.4 Å². The number of benzene rings is 2. The zero-order chi connectivity index (χ0) is 15.4. The van der Waals surface area contributed by atoms with Crippen LogP contribution < -0.4 is 4.90 Å². The first kappa shape index (κ1) is 14.6. The average Bonchev–Trinajstić information content (AvgIpc) is 2.57. The van der Waals surface area contributed by atoms with E-state index in [2.05, 4.69) is 35.2 Å². The molecule has 1 saturated heterocycles. The van der Waals surface area contributed by atoms with Crippen LogP contribution in [-0.4, -0.2) is 18.0 Å². The molecule has 2 aromatic carbocycles. The molecule has 0 saturated carbocycles. The van der Waals surface area contributed by atoms with Gasteiger partial charge in [0.25, 0.3) is 5.69 Å². The third kappa shape index (κ3) is 3.45. The Morgan fingerprint density at radius 1 is 1.00 bits per heavy atom. The van der Waals surface area contributed by atoms with Crippen molar-refractivity contribution in [3.05, 3.63) is 70.3 Å². The summed E-state index contributed by atoms with van der Waals surface area (Å²) in [7, 11) is 0. The van der Waals surface area contributed by atoms with Gasteiger partial charge in [-0.05, 0) is 42.9 Å². The van der Waals surface area contributed by atoms with Crippen molar-refractivity contribution in [2.75, 3.05) is 18.0 Å². The number of hydrogen-bond acceptors (Lipinski definition) is 3. The van der Waals surface area contributed by atoms with E-state index in [0.29, 0.717) is 0 Å². The molecule has 1 fully saturated rings. The van der Waals surface area contributed by atoms with Gasteiger partial charge in [-0.15, -0.1) is 0 Å². The summed E-state index contributed by atoms with van der Waals surface area (Å²) >= 11 is 0. The first-order valence-electron chi connectivity index (χ1n) is 7.76. The molecule has 3 rings (SSSR count). The highest BCUT2D eigenvalue weighted by molar-refractivity contribution is 5.51. The third-order valence-corrected chi connectivity index (χ3v) is 4.41. The Bertz CT molecular complexity index is 617. The summed E-state index contributed by atoms with van der Waals surface area (Å²) in [6.45, 7) is 2.05. The molecule has 0 unspecified atom stereocenters. The van der Waals surface area contributed by atoms with E-state index in [9.17, 15) is 10.1 Å². The van der Waals surface area contributed by atoms with Gasteiger partial charge in [-0.25, -0.2) is 0 Å². The maximum Gasteiger partial charge on any atom is 0.269 e. The highest BCUT2D eigenvalue weighted by atomic mass is 16.6. The number of anilines is 1. The molecule has 0 bridgehead atoms. The summed E-state index contributed by atoms with van der Waals surface area (Å²) in [5.41, 5.74) is 2.66. The Morgan fingerprint density at radius 2 is 1.64 bits per heavy atom. The van der Waals surface area contributed by atoms with Gasteiger partial charge in [0.15, 0.2) is 0 Å². The molecule has 1 aliphatic heterocycles. The van der Waals surface area contributed by atoms with Crippen molar-refractivity contribution in [1.82, 2.24) is 0 Å². The van der Waals surface area contributed by atoms with Crippen molar-refractivity contribution in [2.45, 2.75) is 19.3 Å². The fourth-order valence-electron chi connectivity index (χ4n) is 3.13. The van der Waals surface area contributed by atoms with Crippen LogP contribution in [0.1, 0.15) is 18.4 Å². The number of piperidine rings is 1. The van der Waals surface area contributed by atoms with Crippen LogP contribution in [0.2, 0.25) is 0 Å². The second-order valence-electron chi connectivity index (χ2n) is 5.89. The minimum Gasteiger partial charge on any atom is -0.372 e. The number of nitro benzene ring substituents is 1. The minimum atomic E-state index is -0.351. The van der Waals surface area contributed by atoms with E-state index >= 15 is 0 Å². The molecular formula is C18H20N2O2. The molecule has 0 amide bonds. The third-order valence-electron chi connectivity index (χ3n) is 4.41.